The maximum Gasteiger partial charge on any atom is 0.0798 e. The molecule has 1 aromatic heterocycles. The van der Waals surface area contributed by atoms with Gasteiger partial charge in [-0.15, -0.1) is 11.3 Å². The number of aromatic nitrogens is 1. The van der Waals surface area contributed by atoms with E-state index in [4.69, 9.17) is 10.5 Å². The van der Waals surface area contributed by atoms with E-state index in [1.54, 1.807) is 11.3 Å². The largest absolute Gasteiger partial charge is 0.381 e. The maximum absolute atomic E-state index is 6.11. The molecule has 0 spiro atoms. The second-order valence-corrected chi connectivity index (χ2v) is 6.54. The Labute approximate surface area is 120 Å². The van der Waals surface area contributed by atoms with Crippen molar-refractivity contribution in [2.24, 2.45) is 5.73 Å². The predicted molar refractivity (Wildman–Crippen MR) is 79.4 cm³/mol. The average Bonchev–Trinajstić information content (AvgIpc) is 2.84. The van der Waals surface area contributed by atoms with Gasteiger partial charge in [-0.05, 0) is 39.7 Å². The molecule has 0 bridgehead atoms. The van der Waals surface area contributed by atoms with Gasteiger partial charge in [-0.3, -0.25) is 4.90 Å². The molecule has 19 heavy (non-hydrogen) atoms. The zero-order valence-corrected chi connectivity index (χ0v) is 13.0. The van der Waals surface area contributed by atoms with Gasteiger partial charge in [0.25, 0.3) is 0 Å². The second kappa shape index (κ2) is 6.31. The third kappa shape index (κ3) is 3.16. The number of nitrogens with two attached hydrogens (primary N) is 1. The van der Waals surface area contributed by atoms with E-state index in [0.29, 0.717) is 12.6 Å². The Hall–Kier alpha value is -0.490. The number of ether oxygens (including phenoxy) is 1. The van der Waals surface area contributed by atoms with Gasteiger partial charge in [0, 0.05) is 30.6 Å². The minimum Gasteiger partial charge on any atom is -0.381 e. The Morgan fingerprint density at radius 1 is 1.63 bits per heavy atom. The summed E-state index contributed by atoms with van der Waals surface area (Å²) in [7, 11) is 3.99. The molecular formula is C14H25N3OS. The number of rotatable bonds is 5. The Kier molecular flexibility index (Phi) is 4.95. The van der Waals surface area contributed by atoms with Crippen LogP contribution in [0.15, 0.2) is 5.51 Å². The molecule has 0 aliphatic heterocycles. The smallest absolute Gasteiger partial charge is 0.0798 e. The average molecular weight is 283 g/mol. The lowest BCUT2D eigenvalue weighted by atomic mass is 9.79. The molecule has 2 unspecified atom stereocenters. The van der Waals surface area contributed by atoms with E-state index in [0.717, 1.165) is 31.5 Å². The molecule has 108 valence electrons. The summed E-state index contributed by atoms with van der Waals surface area (Å²) in [5.74, 6) is 0. The Bertz CT molecular complexity index is 409. The van der Waals surface area contributed by atoms with Crippen LogP contribution in [0.1, 0.15) is 36.3 Å². The standard InChI is InChI=1S/C14H25N3OS/c1-11-13(19-10-16-11)8-17(2)14(9-15)6-4-5-12(7-14)18-3/h10,12H,4-9,15H2,1-3H3. The molecule has 1 aliphatic rings. The van der Waals surface area contributed by atoms with E-state index < -0.39 is 0 Å². The van der Waals surface area contributed by atoms with Crippen LogP contribution in [0, 0.1) is 6.92 Å². The van der Waals surface area contributed by atoms with E-state index in [-0.39, 0.29) is 5.54 Å². The summed E-state index contributed by atoms with van der Waals surface area (Å²) in [4.78, 5) is 8.09. The monoisotopic (exact) mass is 283 g/mol. The molecule has 0 radical (unpaired) electrons. The minimum atomic E-state index is 0.0787. The summed E-state index contributed by atoms with van der Waals surface area (Å²) in [5, 5.41) is 0. The first-order valence-corrected chi connectivity index (χ1v) is 7.82. The van der Waals surface area contributed by atoms with Gasteiger partial charge < -0.3 is 10.5 Å². The van der Waals surface area contributed by atoms with Gasteiger partial charge >= 0.3 is 0 Å². The van der Waals surface area contributed by atoms with Gasteiger partial charge in [0.1, 0.15) is 0 Å². The third-order valence-electron chi connectivity index (χ3n) is 4.52. The molecule has 1 aliphatic carbocycles. The first-order valence-electron chi connectivity index (χ1n) is 6.94. The van der Waals surface area contributed by atoms with Crippen molar-refractivity contribution in [3.63, 3.8) is 0 Å². The molecular weight excluding hydrogens is 258 g/mol. The van der Waals surface area contributed by atoms with Gasteiger partial charge in [-0.25, -0.2) is 4.98 Å². The normalized spacial score (nSPS) is 27.9. The summed E-state index contributed by atoms with van der Waals surface area (Å²) in [6.07, 6.45) is 4.90. The van der Waals surface area contributed by atoms with Crippen LogP contribution in [0.4, 0.5) is 0 Å². The van der Waals surface area contributed by atoms with Gasteiger partial charge in [0.05, 0.1) is 17.3 Å². The molecule has 2 atom stereocenters. The van der Waals surface area contributed by atoms with Crippen LogP contribution in [0.2, 0.25) is 0 Å². The second-order valence-electron chi connectivity index (χ2n) is 5.60. The molecule has 2 N–H and O–H groups in total. The zero-order chi connectivity index (χ0) is 13.9. The summed E-state index contributed by atoms with van der Waals surface area (Å²) in [5.41, 5.74) is 9.26. The highest BCUT2D eigenvalue weighted by Gasteiger charge is 2.38. The van der Waals surface area contributed by atoms with E-state index in [1.165, 1.54) is 11.3 Å². The SMILES string of the molecule is COC1CCCC(CN)(N(C)Cc2scnc2C)C1. The molecule has 1 fully saturated rings. The molecule has 1 heterocycles. The van der Waals surface area contributed by atoms with Crippen LogP contribution in [-0.4, -0.2) is 42.2 Å². The fourth-order valence-electron chi connectivity index (χ4n) is 3.04. The molecule has 1 aromatic rings. The summed E-state index contributed by atoms with van der Waals surface area (Å²) in [6, 6.07) is 0. The number of methoxy groups -OCH3 is 1. The number of likely N-dealkylation sites (N-methyl/N-ethyl adjacent to an activating group) is 1. The van der Waals surface area contributed by atoms with Crippen LogP contribution in [-0.2, 0) is 11.3 Å². The summed E-state index contributed by atoms with van der Waals surface area (Å²) < 4.78 is 5.57. The lowest BCUT2D eigenvalue weighted by Gasteiger charge is -2.46. The van der Waals surface area contributed by atoms with Crippen LogP contribution in [0.3, 0.4) is 0 Å². The fraction of sp³-hybridized carbons (Fsp3) is 0.786. The van der Waals surface area contributed by atoms with Crippen molar-refractivity contribution in [2.75, 3.05) is 20.7 Å². The van der Waals surface area contributed by atoms with Crippen molar-refractivity contribution < 1.29 is 4.74 Å². The highest BCUT2D eigenvalue weighted by atomic mass is 32.1. The molecule has 0 amide bonds. The minimum absolute atomic E-state index is 0.0787. The van der Waals surface area contributed by atoms with E-state index in [9.17, 15) is 0 Å². The summed E-state index contributed by atoms with van der Waals surface area (Å²) in [6.45, 7) is 3.71. The van der Waals surface area contributed by atoms with Crippen LogP contribution >= 0.6 is 11.3 Å². The van der Waals surface area contributed by atoms with Crippen molar-refractivity contribution in [1.29, 1.82) is 0 Å². The van der Waals surface area contributed by atoms with Gasteiger partial charge in [0.15, 0.2) is 0 Å². The first kappa shape index (κ1) is 14.9. The Balaban J connectivity index is 2.09. The van der Waals surface area contributed by atoms with E-state index >= 15 is 0 Å². The van der Waals surface area contributed by atoms with Crippen molar-refractivity contribution in [1.82, 2.24) is 9.88 Å². The third-order valence-corrected chi connectivity index (χ3v) is 5.44. The summed E-state index contributed by atoms with van der Waals surface area (Å²) >= 11 is 1.73. The Morgan fingerprint density at radius 2 is 2.42 bits per heavy atom. The molecule has 4 nitrogen and oxygen atoms in total. The van der Waals surface area contributed by atoms with Crippen LogP contribution in [0.5, 0.6) is 0 Å². The highest BCUT2D eigenvalue weighted by Crippen LogP contribution is 2.35. The zero-order valence-electron chi connectivity index (χ0n) is 12.2. The number of thiazole rings is 1. The number of nitrogens with zero attached hydrogens (tertiary/aromatic N) is 2. The van der Waals surface area contributed by atoms with E-state index in [1.807, 2.05) is 12.6 Å². The lowest BCUT2D eigenvalue weighted by Crippen LogP contribution is -2.55. The quantitative estimate of drug-likeness (QED) is 0.900. The lowest BCUT2D eigenvalue weighted by molar-refractivity contribution is -0.0146. The van der Waals surface area contributed by atoms with Crippen molar-refractivity contribution in [3.05, 3.63) is 16.1 Å². The van der Waals surface area contributed by atoms with Crippen molar-refractivity contribution >= 4 is 11.3 Å². The topological polar surface area (TPSA) is 51.4 Å². The van der Waals surface area contributed by atoms with Crippen molar-refractivity contribution in [3.8, 4) is 0 Å². The predicted octanol–water partition coefficient (Wildman–Crippen LogP) is 2.17. The number of hydrogen-bond donors (Lipinski definition) is 1. The molecule has 5 heteroatoms. The molecule has 0 saturated heterocycles. The molecule has 2 rings (SSSR count). The van der Waals surface area contributed by atoms with Gasteiger partial charge in [-0.2, -0.15) is 0 Å². The number of hydrogen-bond acceptors (Lipinski definition) is 5. The fourth-order valence-corrected chi connectivity index (χ4v) is 3.87. The molecule has 1 saturated carbocycles. The van der Waals surface area contributed by atoms with E-state index in [2.05, 4.69) is 23.9 Å². The number of aryl methyl sites for hydroxylation is 1. The Morgan fingerprint density at radius 3 is 3.00 bits per heavy atom. The maximum atomic E-state index is 6.11. The van der Waals surface area contributed by atoms with Gasteiger partial charge in [-0.1, -0.05) is 0 Å². The van der Waals surface area contributed by atoms with Crippen LogP contribution in [0.25, 0.3) is 0 Å². The van der Waals surface area contributed by atoms with Crippen LogP contribution < -0.4 is 5.73 Å². The highest BCUT2D eigenvalue weighted by molar-refractivity contribution is 7.09. The first-order chi connectivity index (χ1) is 9.11. The van der Waals surface area contributed by atoms with Crippen molar-refractivity contribution in [2.45, 2.75) is 50.8 Å². The molecule has 0 aromatic carbocycles. The van der Waals surface area contributed by atoms with Gasteiger partial charge in [0.2, 0.25) is 0 Å².